The molecule has 0 unspecified atom stereocenters. The monoisotopic (exact) mass is 256 g/mol. The highest BCUT2D eigenvalue weighted by molar-refractivity contribution is 5.86. The Morgan fingerprint density at radius 2 is 1.78 bits per heavy atom. The molecule has 6 nitrogen and oxygen atoms in total. The summed E-state index contributed by atoms with van der Waals surface area (Å²) < 4.78 is 4.89. The van der Waals surface area contributed by atoms with Crippen molar-refractivity contribution in [1.29, 1.82) is 0 Å². The van der Waals surface area contributed by atoms with Gasteiger partial charge in [-0.2, -0.15) is 0 Å². The summed E-state index contributed by atoms with van der Waals surface area (Å²) in [7, 11) is 0. The molecular weight excluding hydrogens is 236 g/mol. The number of hydrogen-bond acceptors (Lipinski definition) is 4. The molecule has 18 heavy (non-hydrogen) atoms. The van der Waals surface area contributed by atoms with Gasteiger partial charge in [0.1, 0.15) is 6.61 Å². The smallest absolute Gasteiger partial charge is 0.333 e. The summed E-state index contributed by atoms with van der Waals surface area (Å²) in [6, 6.07) is 0. The molecule has 0 spiro atoms. The molecule has 0 radical (unpaired) electrons. The highest BCUT2D eigenvalue weighted by atomic mass is 16.5. The standard InChI is InChI=1S/C12H20N2O4/c1-9(2)12(17)18-8-7-14(11(4)16)6-5-13-10(3)15/h1,5-8H2,2-4H3,(H,13,15). The van der Waals surface area contributed by atoms with Crippen LogP contribution in [-0.4, -0.2) is 48.9 Å². The van der Waals surface area contributed by atoms with E-state index in [0.29, 0.717) is 25.2 Å². The van der Waals surface area contributed by atoms with Crippen LogP contribution in [0.1, 0.15) is 20.8 Å². The van der Waals surface area contributed by atoms with Gasteiger partial charge >= 0.3 is 5.97 Å². The van der Waals surface area contributed by atoms with E-state index in [1.165, 1.54) is 18.7 Å². The summed E-state index contributed by atoms with van der Waals surface area (Å²) in [6.07, 6.45) is 0. The molecule has 0 heterocycles. The Balaban J connectivity index is 3.98. The van der Waals surface area contributed by atoms with Crippen molar-refractivity contribution in [3.63, 3.8) is 0 Å². The predicted molar refractivity (Wildman–Crippen MR) is 66.7 cm³/mol. The SMILES string of the molecule is C=C(C)C(=O)OCCN(CCNC(C)=O)C(C)=O. The van der Waals surface area contributed by atoms with Gasteiger partial charge in [0.25, 0.3) is 0 Å². The molecule has 102 valence electrons. The Bertz CT molecular complexity index is 339. The summed E-state index contributed by atoms with van der Waals surface area (Å²) in [5, 5.41) is 2.59. The topological polar surface area (TPSA) is 75.7 Å². The summed E-state index contributed by atoms with van der Waals surface area (Å²) in [5.74, 6) is -0.751. The number of nitrogens with zero attached hydrogens (tertiary/aromatic N) is 1. The molecule has 0 atom stereocenters. The number of carbonyl (C=O) groups excluding carboxylic acids is 3. The lowest BCUT2D eigenvalue weighted by atomic mass is 10.4. The minimum Gasteiger partial charge on any atom is -0.460 e. The van der Waals surface area contributed by atoms with Crippen LogP contribution in [0.5, 0.6) is 0 Å². The lowest BCUT2D eigenvalue weighted by molar-refractivity contribution is -0.141. The first kappa shape index (κ1) is 16.1. The van der Waals surface area contributed by atoms with Gasteiger partial charge in [-0.3, -0.25) is 9.59 Å². The van der Waals surface area contributed by atoms with Gasteiger partial charge < -0.3 is 15.0 Å². The van der Waals surface area contributed by atoms with Crippen LogP contribution in [0.15, 0.2) is 12.2 Å². The second kappa shape index (κ2) is 8.27. The molecule has 0 aliphatic carbocycles. The van der Waals surface area contributed by atoms with Gasteiger partial charge in [-0.25, -0.2) is 4.79 Å². The number of carbonyl (C=O) groups is 3. The van der Waals surface area contributed by atoms with E-state index in [4.69, 9.17) is 4.74 Å². The number of ether oxygens (including phenoxy) is 1. The van der Waals surface area contributed by atoms with Gasteiger partial charge in [-0.05, 0) is 6.92 Å². The molecule has 1 N–H and O–H groups in total. The number of rotatable bonds is 7. The first-order valence-electron chi connectivity index (χ1n) is 5.67. The van der Waals surface area contributed by atoms with E-state index in [-0.39, 0.29) is 18.4 Å². The Labute approximate surface area is 107 Å². The Kier molecular flexibility index (Phi) is 7.42. The second-order valence-corrected chi connectivity index (χ2v) is 3.91. The van der Waals surface area contributed by atoms with E-state index >= 15 is 0 Å². The van der Waals surface area contributed by atoms with E-state index in [2.05, 4.69) is 11.9 Å². The van der Waals surface area contributed by atoms with Crippen LogP contribution in [0.2, 0.25) is 0 Å². The van der Waals surface area contributed by atoms with Crippen LogP contribution in [0.25, 0.3) is 0 Å². The van der Waals surface area contributed by atoms with E-state index in [1.807, 2.05) is 0 Å². The van der Waals surface area contributed by atoms with Crippen molar-refractivity contribution in [2.45, 2.75) is 20.8 Å². The molecule has 0 saturated heterocycles. The summed E-state index contributed by atoms with van der Waals surface area (Å²) in [5.41, 5.74) is 0.322. The van der Waals surface area contributed by atoms with Gasteiger partial charge in [0.15, 0.2) is 0 Å². The van der Waals surface area contributed by atoms with Gasteiger partial charge in [-0.15, -0.1) is 0 Å². The summed E-state index contributed by atoms with van der Waals surface area (Å²) >= 11 is 0. The molecule has 6 heteroatoms. The fourth-order valence-corrected chi connectivity index (χ4v) is 1.17. The van der Waals surface area contributed by atoms with Crippen molar-refractivity contribution >= 4 is 17.8 Å². The zero-order valence-electron chi connectivity index (χ0n) is 11.1. The highest BCUT2D eigenvalue weighted by Gasteiger charge is 2.10. The Hall–Kier alpha value is -1.85. The third-order valence-corrected chi connectivity index (χ3v) is 2.14. The second-order valence-electron chi connectivity index (χ2n) is 3.91. The lowest BCUT2D eigenvalue weighted by Gasteiger charge is -2.20. The zero-order chi connectivity index (χ0) is 14.1. The molecule has 0 bridgehead atoms. The molecule has 0 aliphatic heterocycles. The number of nitrogens with one attached hydrogen (secondary N) is 1. The molecule has 0 fully saturated rings. The van der Waals surface area contributed by atoms with Crippen LogP contribution in [0.4, 0.5) is 0 Å². The van der Waals surface area contributed by atoms with E-state index in [1.54, 1.807) is 6.92 Å². The molecular formula is C12H20N2O4. The minimum atomic E-state index is -0.472. The lowest BCUT2D eigenvalue weighted by Crippen LogP contribution is -2.39. The molecule has 0 aromatic rings. The molecule has 2 amide bonds. The summed E-state index contributed by atoms with van der Waals surface area (Å²) in [6.45, 7) is 9.03. The van der Waals surface area contributed by atoms with Crippen molar-refractivity contribution in [2.75, 3.05) is 26.2 Å². The van der Waals surface area contributed by atoms with Crippen LogP contribution in [0.3, 0.4) is 0 Å². The molecule has 0 aliphatic rings. The van der Waals surface area contributed by atoms with Crippen LogP contribution in [-0.2, 0) is 19.1 Å². The van der Waals surface area contributed by atoms with E-state index in [0.717, 1.165) is 0 Å². The molecule has 0 aromatic heterocycles. The Morgan fingerprint density at radius 3 is 2.22 bits per heavy atom. The van der Waals surface area contributed by atoms with Crippen molar-refractivity contribution in [2.24, 2.45) is 0 Å². The van der Waals surface area contributed by atoms with Gasteiger partial charge in [0, 0.05) is 32.5 Å². The summed E-state index contributed by atoms with van der Waals surface area (Å²) in [4.78, 5) is 34.6. The van der Waals surface area contributed by atoms with Gasteiger partial charge in [0.05, 0.1) is 6.54 Å². The zero-order valence-corrected chi connectivity index (χ0v) is 11.1. The maximum Gasteiger partial charge on any atom is 0.333 e. The Morgan fingerprint density at radius 1 is 1.17 bits per heavy atom. The van der Waals surface area contributed by atoms with Gasteiger partial charge in [-0.1, -0.05) is 6.58 Å². The fourth-order valence-electron chi connectivity index (χ4n) is 1.17. The average Bonchev–Trinajstić information content (AvgIpc) is 2.25. The third-order valence-electron chi connectivity index (χ3n) is 2.14. The highest BCUT2D eigenvalue weighted by Crippen LogP contribution is 1.94. The quantitative estimate of drug-likeness (QED) is 0.517. The van der Waals surface area contributed by atoms with Crippen molar-refractivity contribution in [3.8, 4) is 0 Å². The fraction of sp³-hybridized carbons (Fsp3) is 0.583. The maximum atomic E-state index is 11.3. The first-order chi connectivity index (χ1) is 8.34. The average molecular weight is 256 g/mol. The molecule has 0 saturated carbocycles. The molecule has 0 rings (SSSR count). The number of hydrogen-bond donors (Lipinski definition) is 1. The normalized spacial score (nSPS) is 9.50. The maximum absolute atomic E-state index is 11.3. The van der Waals surface area contributed by atoms with Crippen molar-refractivity contribution in [1.82, 2.24) is 10.2 Å². The number of amides is 2. The molecule has 0 aromatic carbocycles. The van der Waals surface area contributed by atoms with E-state index in [9.17, 15) is 14.4 Å². The van der Waals surface area contributed by atoms with Crippen LogP contribution in [0, 0.1) is 0 Å². The van der Waals surface area contributed by atoms with E-state index < -0.39 is 5.97 Å². The van der Waals surface area contributed by atoms with Crippen LogP contribution >= 0.6 is 0 Å². The minimum absolute atomic E-state index is 0.116. The largest absolute Gasteiger partial charge is 0.460 e. The third kappa shape index (κ3) is 7.43. The number of esters is 1. The predicted octanol–water partition coefficient (Wildman–Crippen LogP) is 0.0903. The first-order valence-corrected chi connectivity index (χ1v) is 5.67. The van der Waals surface area contributed by atoms with Crippen LogP contribution < -0.4 is 5.32 Å². The van der Waals surface area contributed by atoms with Gasteiger partial charge in [0.2, 0.25) is 11.8 Å². The van der Waals surface area contributed by atoms with Crippen molar-refractivity contribution in [3.05, 3.63) is 12.2 Å². The van der Waals surface area contributed by atoms with Crippen molar-refractivity contribution < 1.29 is 19.1 Å².